The van der Waals surface area contributed by atoms with E-state index in [4.69, 9.17) is 4.98 Å². The third kappa shape index (κ3) is 2.60. The number of nitrogens with one attached hydrogen (secondary N) is 2. The number of anilines is 1. The number of rotatable bonds is 2. The van der Waals surface area contributed by atoms with Crippen LogP contribution in [0.1, 0.15) is 27.2 Å². The highest BCUT2D eigenvalue weighted by Crippen LogP contribution is 2.39. The molecular formula is C26H19N5O4. The molecule has 9 nitrogen and oxygen atoms in total. The molecule has 1 saturated heterocycles. The first-order valence-electron chi connectivity index (χ1n) is 11.3. The minimum absolute atomic E-state index is 0.222. The first-order chi connectivity index (χ1) is 16.8. The van der Waals surface area contributed by atoms with E-state index < -0.39 is 5.54 Å². The van der Waals surface area contributed by atoms with E-state index in [0.29, 0.717) is 29.6 Å². The molecule has 2 aromatic heterocycles. The van der Waals surface area contributed by atoms with E-state index in [0.717, 1.165) is 33.1 Å². The van der Waals surface area contributed by atoms with Crippen LogP contribution in [0.2, 0.25) is 0 Å². The quantitative estimate of drug-likeness (QED) is 0.441. The standard InChI is InChI=1S/C26H19N5O4/c1-30-25(35)29-24(34)26(30)10-14-7-13-5-6-16(27-19(13)8-15(14)11-26)12-31-20-4-2-3-18-22(20)17(23(31)33)9-21(32)28-18/h2-9H,10-12H2,1H3,(H,28,32)(H,29,34,35). The predicted molar refractivity (Wildman–Crippen MR) is 128 cm³/mol. The summed E-state index contributed by atoms with van der Waals surface area (Å²) in [7, 11) is 1.65. The Morgan fingerprint density at radius 1 is 1.00 bits per heavy atom. The average molecular weight is 465 g/mol. The molecule has 0 radical (unpaired) electrons. The molecule has 172 valence electrons. The molecule has 4 heterocycles. The monoisotopic (exact) mass is 465 g/mol. The Balaban J connectivity index is 1.25. The maximum atomic E-state index is 13.2. The van der Waals surface area contributed by atoms with Crippen molar-refractivity contribution in [1.29, 1.82) is 0 Å². The molecule has 2 aromatic carbocycles. The minimum Gasteiger partial charge on any atom is -0.322 e. The van der Waals surface area contributed by atoms with Gasteiger partial charge in [0.05, 0.1) is 34.5 Å². The van der Waals surface area contributed by atoms with Gasteiger partial charge in [0.2, 0.25) is 5.56 Å². The summed E-state index contributed by atoms with van der Waals surface area (Å²) in [6, 6.07) is 14.3. The molecular weight excluding hydrogens is 446 g/mol. The first-order valence-corrected chi connectivity index (χ1v) is 11.3. The molecule has 2 N–H and O–H groups in total. The fourth-order valence-corrected chi connectivity index (χ4v) is 5.72. The Morgan fingerprint density at radius 2 is 1.80 bits per heavy atom. The molecule has 3 aliphatic rings. The number of aromatic nitrogens is 2. The van der Waals surface area contributed by atoms with Crippen LogP contribution in [0.5, 0.6) is 0 Å². The number of hydrogen-bond acceptors (Lipinski definition) is 5. The number of H-pyrrole nitrogens is 1. The number of pyridine rings is 2. The molecule has 1 unspecified atom stereocenters. The lowest BCUT2D eigenvalue weighted by Crippen LogP contribution is -2.48. The van der Waals surface area contributed by atoms with Crippen molar-refractivity contribution in [3.8, 4) is 0 Å². The van der Waals surface area contributed by atoms with Crippen molar-refractivity contribution in [2.45, 2.75) is 24.9 Å². The minimum atomic E-state index is -0.885. The van der Waals surface area contributed by atoms with Gasteiger partial charge in [-0.05, 0) is 41.5 Å². The molecule has 7 rings (SSSR count). The molecule has 35 heavy (non-hydrogen) atoms. The normalized spacial score (nSPS) is 20.5. The van der Waals surface area contributed by atoms with Crippen LogP contribution in [0.3, 0.4) is 0 Å². The number of amides is 4. The van der Waals surface area contributed by atoms with E-state index in [1.165, 1.54) is 11.0 Å². The van der Waals surface area contributed by atoms with E-state index in [1.807, 2.05) is 36.4 Å². The molecule has 0 saturated carbocycles. The third-order valence-electron chi connectivity index (χ3n) is 7.56. The van der Waals surface area contributed by atoms with Crippen molar-refractivity contribution in [1.82, 2.24) is 20.2 Å². The van der Waals surface area contributed by atoms with E-state index in [-0.39, 0.29) is 29.9 Å². The zero-order valence-corrected chi connectivity index (χ0v) is 18.7. The molecule has 9 heteroatoms. The van der Waals surface area contributed by atoms with E-state index in [9.17, 15) is 19.2 Å². The largest absolute Gasteiger partial charge is 0.324 e. The van der Waals surface area contributed by atoms with Gasteiger partial charge in [0, 0.05) is 36.7 Å². The SMILES string of the molecule is CN1C(=O)NC(=O)C12Cc1cc3ccc(CN4C(=O)c5cc(=O)[nH]c6cccc4c56)nc3cc1C2. The number of urea groups is 1. The summed E-state index contributed by atoms with van der Waals surface area (Å²) in [4.78, 5) is 60.6. The number of imide groups is 1. The van der Waals surface area contributed by atoms with Crippen LogP contribution >= 0.6 is 0 Å². The van der Waals surface area contributed by atoms with Crippen LogP contribution in [0.4, 0.5) is 10.5 Å². The van der Waals surface area contributed by atoms with Crippen molar-refractivity contribution >= 4 is 45.3 Å². The number of likely N-dealkylation sites (N-methyl/N-ethyl adjacent to an activating group) is 1. The molecule has 4 aromatic rings. The van der Waals surface area contributed by atoms with Crippen molar-refractivity contribution in [2.75, 3.05) is 11.9 Å². The third-order valence-corrected chi connectivity index (χ3v) is 7.56. The zero-order chi connectivity index (χ0) is 24.1. The Morgan fingerprint density at radius 3 is 2.57 bits per heavy atom. The van der Waals surface area contributed by atoms with Crippen molar-refractivity contribution in [2.24, 2.45) is 0 Å². The second-order valence-corrected chi connectivity index (χ2v) is 9.46. The predicted octanol–water partition coefficient (Wildman–Crippen LogP) is 2.26. The highest BCUT2D eigenvalue weighted by molar-refractivity contribution is 6.24. The maximum absolute atomic E-state index is 13.2. The molecule has 0 bridgehead atoms. The highest BCUT2D eigenvalue weighted by Gasteiger charge is 2.54. The maximum Gasteiger partial charge on any atom is 0.324 e. The molecule has 1 spiro atoms. The van der Waals surface area contributed by atoms with Gasteiger partial charge in [-0.1, -0.05) is 12.1 Å². The summed E-state index contributed by atoms with van der Waals surface area (Å²) in [6.07, 6.45) is 0.908. The number of nitrogens with zero attached hydrogens (tertiary/aromatic N) is 3. The molecule has 1 aliphatic carbocycles. The summed E-state index contributed by atoms with van der Waals surface area (Å²) >= 11 is 0. The van der Waals surface area contributed by atoms with Crippen LogP contribution in [0.25, 0.3) is 21.8 Å². The van der Waals surface area contributed by atoms with E-state index >= 15 is 0 Å². The van der Waals surface area contributed by atoms with Gasteiger partial charge in [-0.3, -0.25) is 24.7 Å². The summed E-state index contributed by atoms with van der Waals surface area (Å²) in [6.45, 7) is 0.261. The second-order valence-electron chi connectivity index (χ2n) is 9.46. The summed E-state index contributed by atoms with van der Waals surface area (Å²) < 4.78 is 0. The smallest absolute Gasteiger partial charge is 0.322 e. The first kappa shape index (κ1) is 19.9. The number of carbonyl (C=O) groups is 3. The lowest BCUT2D eigenvalue weighted by Gasteiger charge is -2.27. The van der Waals surface area contributed by atoms with Crippen LogP contribution in [0.15, 0.2) is 53.3 Å². The number of benzene rings is 2. The summed E-state index contributed by atoms with van der Waals surface area (Å²) in [5.41, 5.74) is 4.09. The lowest BCUT2D eigenvalue weighted by atomic mass is 9.95. The number of fused-ring (bicyclic) bond motifs is 2. The molecule has 2 aliphatic heterocycles. The molecule has 1 fully saturated rings. The van der Waals surface area contributed by atoms with E-state index in [2.05, 4.69) is 10.3 Å². The van der Waals surface area contributed by atoms with Crippen LogP contribution < -0.4 is 15.8 Å². The molecule has 4 amide bonds. The average Bonchev–Trinajstić information content (AvgIpc) is 3.41. The van der Waals surface area contributed by atoms with Gasteiger partial charge < -0.3 is 14.8 Å². The lowest BCUT2D eigenvalue weighted by molar-refractivity contribution is -0.125. The van der Waals surface area contributed by atoms with Gasteiger partial charge in [-0.15, -0.1) is 0 Å². The van der Waals surface area contributed by atoms with Crippen LogP contribution in [0, 0.1) is 0 Å². The van der Waals surface area contributed by atoms with Gasteiger partial charge in [0.25, 0.3) is 11.8 Å². The Bertz CT molecular complexity index is 1720. The van der Waals surface area contributed by atoms with Crippen LogP contribution in [-0.2, 0) is 24.2 Å². The fraction of sp³-hybridized carbons (Fsp3) is 0.192. The van der Waals surface area contributed by atoms with Gasteiger partial charge in [-0.2, -0.15) is 0 Å². The summed E-state index contributed by atoms with van der Waals surface area (Å²) in [5.74, 6) is -0.487. The molecule has 1 atom stereocenters. The number of hydrogen-bond donors (Lipinski definition) is 2. The van der Waals surface area contributed by atoms with Crippen LogP contribution in [-0.4, -0.2) is 45.3 Å². The Hall–Kier alpha value is -4.53. The topological polar surface area (TPSA) is 115 Å². The van der Waals surface area contributed by atoms with Crippen molar-refractivity contribution in [3.05, 3.63) is 81.3 Å². The van der Waals surface area contributed by atoms with Crippen molar-refractivity contribution < 1.29 is 14.4 Å². The summed E-state index contributed by atoms with van der Waals surface area (Å²) in [5, 5.41) is 4.10. The fourth-order valence-electron chi connectivity index (χ4n) is 5.72. The van der Waals surface area contributed by atoms with Gasteiger partial charge in [0.1, 0.15) is 5.54 Å². The number of aromatic amines is 1. The Kier molecular flexibility index (Phi) is 3.71. The Labute approximate surface area is 198 Å². The van der Waals surface area contributed by atoms with Crippen molar-refractivity contribution in [3.63, 3.8) is 0 Å². The van der Waals surface area contributed by atoms with Gasteiger partial charge in [-0.25, -0.2) is 4.79 Å². The zero-order valence-electron chi connectivity index (χ0n) is 18.7. The van der Waals surface area contributed by atoms with E-state index in [1.54, 1.807) is 18.0 Å². The highest BCUT2D eigenvalue weighted by atomic mass is 16.2. The van der Waals surface area contributed by atoms with Gasteiger partial charge >= 0.3 is 6.03 Å². The second kappa shape index (κ2) is 6.53. The van der Waals surface area contributed by atoms with Gasteiger partial charge in [0.15, 0.2) is 0 Å². The number of carbonyl (C=O) groups excluding carboxylic acids is 3.